The monoisotopic (exact) mass is 373 g/mol. The number of halogens is 2. The van der Waals surface area contributed by atoms with Crippen LogP contribution < -0.4 is 0 Å². The minimum atomic E-state index is -4.03. The molecule has 1 aromatic heterocycles. The van der Waals surface area contributed by atoms with Crippen molar-refractivity contribution in [2.45, 2.75) is 30.4 Å². The Morgan fingerprint density at radius 2 is 2.00 bits per heavy atom. The summed E-state index contributed by atoms with van der Waals surface area (Å²) in [7, 11) is -4.03. The number of hydrogen-bond acceptors (Lipinski definition) is 4. The van der Waals surface area contributed by atoms with Crippen LogP contribution in [-0.2, 0) is 21.3 Å². The first-order valence-electron chi connectivity index (χ1n) is 7.55. The van der Waals surface area contributed by atoms with Gasteiger partial charge in [-0.3, -0.25) is 0 Å². The zero-order valence-electron chi connectivity index (χ0n) is 12.8. The molecule has 24 heavy (non-hydrogen) atoms. The molecule has 1 aliphatic rings. The van der Waals surface area contributed by atoms with Crippen LogP contribution in [0, 0.1) is 11.6 Å². The first-order valence-corrected chi connectivity index (χ1v) is 9.87. The van der Waals surface area contributed by atoms with Crippen LogP contribution in [0.15, 0.2) is 40.6 Å². The van der Waals surface area contributed by atoms with Gasteiger partial charge in [0, 0.05) is 30.6 Å². The van der Waals surface area contributed by atoms with Crippen LogP contribution in [-0.4, -0.2) is 32.0 Å². The number of ether oxygens (including phenoxy) is 1. The summed E-state index contributed by atoms with van der Waals surface area (Å²) in [6.07, 6.45) is 1.46. The molecular weight excluding hydrogens is 356 g/mol. The summed E-state index contributed by atoms with van der Waals surface area (Å²) in [6.45, 7) is 0.919. The van der Waals surface area contributed by atoms with Crippen molar-refractivity contribution in [2.75, 3.05) is 13.2 Å². The van der Waals surface area contributed by atoms with Gasteiger partial charge in [0.2, 0.25) is 10.0 Å². The number of thiophene rings is 1. The fourth-order valence-electron chi connectivity index (χ4n) is 2.67. The number of rotatable bonds is 6. The molecule has 0 N–H and O–H groups in total. The van der Waals surface area contributed by atoms with Gasteiger partial charge < -0.3 is 4.74 Å². The van der Waals surface area contributed by atoms with Crippen molar-refractivity contribution < 1.29 is 21.9 Å². The average Bonchev–Trinajstić information content (AvgIpc) is 3.19. The van der Waals surface area contributed by atoms with E-state index >= 15 is 0 Å². The number of sulfonamides is 1. The molecule has 4 nitrogen and oxygen atoms in total. The molecule has 0 spiro atoms. The summed E-state index contributed by atoms with van der Waals surface area (Å²) in [6, 6.07) is 6.00. The van der Waals surface area contributed by atoms with E-state index in [4.69, 9.17) is 4.74 Å². The predicted octanol–water partition coefficient (Wildman–Crippen LogP) is 3.40. The minimum absolute atomic E-state index is 0.151. The van der Waals surface area contributed by atoms with Crippen LogP contribution in [0.2, 0.25) is 0 Å². The highest BCUT2D eigenvalue weighted by Gasteiger charge is 2.30. The molecule has 1 fully saturated rings. The molecule has 0 bridgehead atoms. The molecular formula is C16H17F2NO3S2. The number of benzene rings is 1. The smallest absolute Gasteiger partial charge is 0.243 e. The molecule has 1 saturated heterocycles. The maximum atomic E-state index is 13.5. The Morgan fingerprint density at radius 1 is 1.25 bits per heavy atom. The second kappa shape index (κ2) is 7.26. The van der Waals surface area contributed by atoms with E-state index in [2.05, 4.69) is 0 Å². The van der Waals surface area contributed by atoms with Crippen molar-refractivity contribution in [3.8, 4) is 0 Å². The maximum Gasteiger partial charge on any atom is 0.243 e. The van der Waals surface area contributed by atoms with Crippen molar-refractivity contribution in [2.24, 2.45) is 0 Å². The third-order valence-electron chi connectivity index (χ3n) is 3.82. The van der Waals surface area contributed by atoms with Crippen LogP contribution in [0.25, 0.3) is 0 Å². The second-order valence-electron chi connectivity index (χ2n) is 5.62. The van der Waals surface area contributed by atoms with Gasteiger partial charge in [-0.05, 0) is 36.4 Å². The molecule has 2 heterocycles. The van der Waals surface area contributed by atoms with Crippen LogP contribution >= 0.6 is 11.3 Å². The third-order valence-corrected chi connectivity index (χ3v) is 6.47. The first kappa shape index (κ1) is 17.5. The van der Waals surface area contributed by atoms with E-state index in [1.807, 2.05) is 17.5 Å². The van der Waals surface area contributed by atoms with Gasteiger partial charge >= 0.3 is 0 Å². The topological polar surface area (TPSA) is 46.6 Å². The zero-order chi connectivity index (χ0) is 17.2. The lowest BCUT2D eigenvalue weighted by molar-refractivity contribution is 0.0927. The van der Waals surface area contributed by atoms with Crippen molar-refractivity contribution in [1.82, 2.24) is 4.31 Å². The Hall–Kier alpha value is -1.35. The largest absolute Gasteiger partial charge is 0.377 e. The molecule has 1 unspecified atom stereocenters. The molecule has 1 aromatic carbocycles. The standard InChI is InChI=1S/C16H17F2NO3S2/c17-12-7-13(18)9-16(8-12)24(20,21)19(10-14-3-1-5-22-14)11-15-4-2-6-23-15/h2,4,6-9,14H,1,3,5,10-11H2. The van der Waals surface area contributed by atoms with E-state index < -0.39 is 21.7 Å². The average molecular weight is 373 g/mol. The molecule has 1 aliphatic heterocycles. The van der Waals surface area contributed by atoms with Gasteiger partial charge in [-0.2, -0.15) is 4.31 Å². The van der Waals surface area contributed by atoms with Gasteiger partial charge in [-0.1, -0.05) is 6.07 Å². The normalized spacial score (nSPS) is 18.4. The summed E-state index contributed by atoms with van der Waals surface area (Å²) in [5.74, 6) is -1.83. The van der Waals surface area contributed by atoms with E-state index in [-0.39, 0.29) is 24.1 Å². The van der Waals surface area contributed by atoms with E-state index in [0.29, 0.717) is 12.7 Å². The van der Waals surface area contributed by atoms with Crippen LogP contribution in [0.1, 0.15) is 17.7 Å². The quantitative estimate of drug-likeness (QED) is 0.780. The fraction of sp³-hybridized carbons (Fsp3) is 0.375. The van der Waals surface area contributed by atoms with Crippen LogP contribution in [0.3, 0.4) is 0 Å². The molecule has 0 aliphatic carbocycles. The lowest BCUT2D eigenvalue weighted by Crippen LogP contribution is -2.36. The molecule has 130 valence electrons. The van der Waals surface area contributed by atoms with Gasteiger partial charge in [0.15, 0.2) is 0 Å². The summed E-state index contributed by atoms with van der Waals surface area (Å²) < 4.78 is 59.5. The molecule has 0 radical (unpaired) electrons. The van der Waals surface area contributed by atoms with Crippen molar-refractivity contribution >= 4 is 21.4 Å². The number of hydrogen-bond donors (Lipinski definition) is 0. The van der Waals surface area contributed by atoms with E-state index in [9.17, 15) is 17.2 Å². The van der Waals surface area contributed by atoms with Crippen molar-refractivity contribution in [1.29, 1.82) is 0 Å². The van der Waals surface area contributed by atoms with Gasteiger partial charge in [0.25, 0.3) is 0 Å². The van der Waals surface area contributed by atoms with Gasteiger partial charge in [0.05, 0.1) is 11.0 Å². The number of nitrogens with zero attached hydrogens (tertiary/aromatic N) is 1. The summed E-state index contributed by atoms with van der Waals surface area (Å²) >= 11 is 1.43. The lowest BCUT2D eigenvalue weighted by atomic mass is 10.2. The second-order valence-corrected chi connectivity index (χ2v) is 8.59. The molecule has 3 rings (SSSR count). The first-order chi connectivity index (χ1) is 11.4. The Bertz CT molecular complexity index is 767. The predicted molar refractivity (Wildman–Crippen MR) is 87.2 cm³/mol. The Labute approximate surface area is 143 Å². The Balaban J connectivity index is 1.92. The lowest BCUT2D eigenvalue weighted by Gasteiger charge is -2.24. The summed E-state index contributed by atoms with van der Waals surface area (Å²) in [5.41, 5.74) is 0. The van der Waals surface area contributed by atoms with Gasteiger partial charge in [-0.15, -0.1) is 11.3 Å². The SMILES string of the molecule is O=S(=O)(c1cc(F)cc(F)c1)N(Cc1cccs1)CC1CCCO1. The maximum absolute atomic E-state index is 13.5. The van der Waals surface area contributed by atoms with E-state index in [1.54, 1.807) is 0 Å². The Kier molecular flexibility index (Phi) is 5.29. The van der Waals surface area contributed by atoms with Crippen molar-refractivity contribution in [3.05, 3.63) is 52.2 Å². The fourth-order valence-corrected chi connectivity index (χ4v) is 4.96. The van der Waals surface area contributed by atoms with E-state index in [1.165, 1.54) is 15.6 Å². The summed E-state index contributed by atoms with van der Waals surface area (Å²) in [5, 5.41) is 1.86. The molecule has 2 aromatic rings. The van der Waals surface area contributed by atoms with Gasteiger partial charge in [0.1, 0.15) is 11.6 Å². The highest BCUT2D eigenvalue weighted by molar-refractivity contribution is 7.89. The molecule has 0 amide bonds. The highest BCUT2D eigenvalue weighted by atomic mass is 32.2. The minimum Gasteiger partial charge on any atom is -0.377 e. The van der Waals surface area contributed by atoms with E-state index in [0.717, 1.165) is 29.9 Å². The highest BCUT2D eigenvalue weighted by Crippen LogP contribution is 2.24. The summed E-state index contributed by atoms with van der Waals surface area (Å²) in [4.78, 5) is 0.475. The van der Waals surface area contributed by atoms with Crippen molar-refractivity contribution in [3.63, 3.8) is 0 Å². The molecule has 1 atom stereocenters. The molecule has 8 heteroatoms. The molecule has 0 saturated carbocycles. The van der Waals surface area contributed by atoms with Crippen LogP contribution in [0.4, 0.5) is 8.78 Å². The van der Waals surface area contributed by atoms with Crippen LogP contribution in [0.5, 0.6) is 0 Å². The third kappa shape index (κ3) is 4.00. The zero-order valence-corrected chi connectivity index (χ0v) is 14.5. The Morgan fingerprint density at radius 3 is 2.58 bits per heavy atom. The van der Waals surface area contributed by atoms with Gasteiger partial charge in [-0.25, -0.2) is 17.2 Å².